The van der Waals surface area contributed by atoms with Gasteiger partial charge in [-0.05, 0) is 46.3 Å². The minimum atomic E-state index is 0.0122. The van der Waals surface area contributed by atoms with Crippen LogP contribution in [0.5, 0.6) is 10.9 Å². The Labute approximate surface area is 135 Å². The first-order valence-electron chi connectivity index (χ1n) is 6.50. The maximum atomic E-state index is 5.77. The number of aromatic nitrogens is 4. The lowest BCUT2D eigenvalue weighted by Gasteiger charge is -2.13. The highest BCUT2D eigenvalue weighted by molar-refractivity contribution is 9.10. The summed E-state index contributed by atoms with van der Waals surface area (Å²) in [4.78, 5) is 9.72. The summed E-state index contributed by atoms with van der Waals surface area (Å²) in [6.45, 7) is 8.32. The number of nitrogens with zero attached hydrogens (tertiary/aromatic N) is 4. The van der Waals surface area contributed by atoms with Crippen molar-refractivity contribution in [1.82, 2.24) is 19.6 Å². The van der Waals surface area contributed by atoms with Crippen LogP contribution in [0.25, 0.3) is 4.96 Å². The minimum absolute atomic E-state index is 0.0122. The quantitative estimate of drug-likeness (QED) is 0.632. The summed E-state index contributed by atoms with van der Waals surface area (Å²) in [5.41, 5.74) is 1.96. The number of halogens is 1. The summed E-state index contributed by atoms with van der Waals surface area (Å²) in [7, 11) is 0. The third-order valence-electron chi connectivity index (χ3n) is 2.94. The molecule has 0 spiro atoms. The first-order chi connectivity index (χ1) is 9.83. The van der Waals surface area contributed by atoms with Crippen LogP contribution < -0.4 is 4.74 Å². The van der Waals surface area contributed by atoms with Gasteiger partial charge in [-0.15, -0.1) is 5.10 Å². The van der Waals surface area contributed by atoms with Crippen LogP contribution in [0.3, 0.4) is 0 Å². The summed E-state index contributed by atoms with van der Waals surface area (Å²) in [6.07, 6.45) is 1.95. The van der Waals surface area contributed by atoms with E-state index in [0.717, 1.165) is 16.3 Å². The molecule has 0 aromatic carbocycles. The molecule has 21 heavy (non-hydrogen) atoms. The van der Waals surface area contributed by atoms with Gasteiger partial charge in [-0.3, -0.25) is 0 Å². The summed E-state index contributed by atoms with van der Waals surface area (Å²) >= 11 is 4.81. The Morgan fingerprint density at radius 2 is 2.00 bits per heavy atom. The predicted molar refractivity (Wildman–Crippen MR) is 86.3 cm³/mol. The fraction of sp³-hybridized carbons (Fsp3) is 0.357. The molecule has 0 aliphatic heterocycles. The van der Waals surface area contributed by atoms with Gasteiger partial charge in [-0.1, -0.05) is 20.8 Å². The molecule has 0 radical (unpaired) electrons. The van der Waals surface area contributed by atoms with E-state index in [0.29, 0.717) is 15.5 Å². The van der Waals surface area contributed by atoms with E-state index in [2.05, 4.69) is 51.8 Å². The second-order valence-corrected chi connectivity index (χ2v) is 7.48. The SMILES string of the molecule is Cc1ccc(Oc2nn3cc(C(C)(C)C)nc3s2)c(Br)n1. The molecule has 0 N–H and O–H groups in total. The highest BCUT2D eigenvalue weighted by Crippen LogP contribution is 2.32. The standard InChI is InChI=1S/C14H15BrN4OS/c1-8-5-6-9(11(15)16-8)20-13-18-19-7-10(14(2,3)4)17-12(19)21-13/h5-7H,1-4H3. The molecule has 3 aromatic heterocycles. The number of fused-ring (bicyclic) bond motifs is 1. The summed E-state index contributed by atoms with van der Waals surface area (Å²) < 4.78 is 8.20. The maximum absolute atomic E-state index is 5.77. The topological polar surface area (TPSA) is 52.3 Å². The lowest BCUT2D eigenvalue weighted by Crippen LogP contribution is -2.11. The van der Waals surface area contributed by atoms with E-state index >= 15 is 0 Å². The summed E-state index contributed by atoms with van der Waals surface area (Å²) in [6, 6.07) is 3.77. The Balaban J connectivity index is 1.90. The molecule has 0 atom stereocenters. The Morgan fingerprint density at radius 3 is 2.62 bits per heavy atom. The fourth-order valence-corrected chi connectivity index (χ4v) is 3.01. The molecule has 5 nitrogen and oxygen atoms in total. The summed E-state index contributed by atoms with van der Waals surface area (Å²) in [5.74, 6) is 0.647. The van der Waals surface area contributed by atoms with Crippen LogP contribution in [0.1, 0.15) is 32.2 Å². The zero-order valence-corrected chi connectivity index (χ0v) is 14.6. The van der Waals surface area contributed by atoms with Crippen molar-refractivity contribution >= 4 is 32.2 Å². The second kappa shape index (κ2) is 5.06. The maximum Gasteiger partial charge on any atom is 0.299 e. The monoisotopic (exact) mass is 366 g/mol. The van der Waals surface area contributed by atoms with Gasteiger partial charge < -0.3 is 4.74 Å². The van der Waals surface area contributed by atoms with Gasteiger partial charge in [0.2, 0.25) is 4.96 Å². The van der Waals surface area contributed by atoms with Gasteiger partial charge in [0.05, 0.1) is 11.9 Å². The number of ether oxygens (including phenoxy) is 1. The first kappa shape index (κ1) is 14.5. The van der Waals surface area contributed by atoms with E-state index in [1.54, 1.807) is 4.52 Å². The molecule has 0 amide bonds. The molecule has 7 heteroatoms. The normalized spacial score (nSPS) is 12.0. The molecule has 110 valence electrons. The molecule has 0 aliphatic carbocycles. The van der Waals surface area contributed by atoms with E-state index < -0.39 is 0 Å². The van der Waals surface area contributed by atoms with Crippen LogP contribution in [0, 0.1) is 6.92 Å². The number of aryl methyl sites for hydroxylation is 1. The molecule has 0 fully saturated rings. The number of rotatable bonds is 2. The van der Waals surface area contributed by atoms with E-state index in [9.17, 15) is 0 Å². The average molecular weight is 367 g/mol. The molecule has 0 saturated carbocycles. The molecule has 3 rings (SSSR count). The lowest BCUT2D eigenvalue weighted by atomic mass is 9.93. The van der Waals surface area contributed by atoms with Crippen LogP contribution in [0.15, 0.2) is 22.9 Å². The third-order valence-corrected chi connectivity index (χ3v) is 4.31. The largest absolute Gasteiger partial charge is 0.427 e. The van der Waals surface area contributed by atoms with E-state index in [1.165, 1.54) is 11.3 Å². The van der Waals surface area contributed by atoms with Crippen molar-refractivity contribution < 1.29 is 4.74 Å². The lowest BCUT2D eigenvalue weighted by molar-refractivity contribution is 0.464. The van der Waals surface area contributed by atoms with Crippen molar-refractivity contribution in [2.45, 2.75) is 33.1 Å². The van der Waals surface area contributed by atoms with Crippen molar-refractivity contribution in [2.24, 2.45) is 0 Å². The Bertz CT molecular complexity index is 772. The zero-order valence-electron chi connectivity index (χ0n) is 12.2. The van der Waals surface area contributed by atoms with Crippen molar-refractivity contribution in [3.63, 3.8) is 0 Å². The van der Waals surface area contributed by atoms with Crippen molar-refractivity contribution in [3.05, 3.63) is 34.3 Å². The van der Waals surface area contributed by atoms with E-state index in [1.807, 2.05) is 25.3 Å². The minimum Gasteiger partial charge on any atom is -0.427 e. The van der Waals surface area contributed by atoms with E-state index in [-0.39, 0.29) is 5.41 Å². The number of hydrogen-bond acceptors (Lipinski definition) is 5. The van der Waals surface area contributed by atoms with Crippen LogP contribution in [-0.4, -0.2) is 19.6 Å². The number of imidazole rings is 1. The van der Waals surface area contributed by atoms with Gasteiger partial charge in [0.15, 0.2) is 5.75 Å². The van der Waals surface area contributed by atoms with Crippen LogP contribution in [0.4, 0.5) is 0 Å². The van der Waals surface area contributed by atoms with Crippen molar-refractivity contribution in [1.29, 1.82) is 0 Å². The first-order valence-corrected chi connectivity index (χ1v) is 8.11. The number of hydrogen-bond donors (Lipinski definition) is 0. The third kappa shape index (κ3) is 2.94. The van der Waals surface area contributed by atoms with Gasteiger partial charge in [0.1, 0.15) is 4.60 Å². The fourth-order valence-electron chi connectivity index (χ4n) is 1.77. The molecule has 0 aliphatic rings. The number of pyridine rings is 1. The van der Waals surface area contributed by atoms with Gasteiger partial charge in [-0.25, -0.2) is 14.5 Å². The second-order valence-electron chi connectivity index (χ2n) is 5.81. The van der Waals surface area contributed by atoms with Crippen molar-refractivity contribution in [2.75, 3.05) is 0 Å². The molecule has 3 heterocycles. The smallest absolute Gasteiger partial charge is 0.299 e. The van der Waals surface area contributed by atoms with Crippen LogP contribution in [0.2, 0.25) is 0 Å². The average Bonchev–Trinajstić information content (AvgIpc) is 2.89. The van der Waals surface area contributed by atoms with Crippen molar-refractivity contribution in [3.8, 4) is 10.9 Å². The molecule has 3 aromatic rings. The highest BCUT2D eigenvalue weighted by atomic mass is 79.9. The molecule has 0 unspecified atom stereocenters. The Hall–Kier alpha value is -1.47. The van der Waals surface area contributed by atoms with Gasteiger partial charge in [0.25, 0.3) is 5.19 Å². The molecule has 0 bridgehead atoms. The van der Waals surface area contributed by atoms with Gasteiger partial charge in [0, 0.05) is 11.1 Å². The summed E-state index contributed by atoms with van der Waals surface area (Å²) in [5, 5.41) is 4.95. The molecular weight excluding hydrogens is 352 g/mol. The van der Waals surface area contributed by atoms with Crippen LogP contribution in [-0.2, 0) is 5.41 Å². The Morgan fingerprint density at radius 1 is 1.24 bits per heavy atom. The highest BCUT2D eigenvalue weighted by Gasteiger charge is 2.20. The Kier molecular flexibility index (Phi) is 3.49. The molecule has 0 saturated heterocycles. The van der Waals surface area contributed by atoms with E-state index in [4.69, 9.17) is 4.74 Å². The zero-order chi connectivity index (χ0) is 15.2. The molecular formula is C14H15BrN4OS. The predicted octanol–water partition coefficient (Wildman–Crippen LogP) is 4.35. The van der Waals surface area contributed by atoms with Crippen LogP contribution >= 0.6 is 27.3 Å². The van der Waals surface area contributed by atoms with Gasteiger partial charge in [-0.2, -0.15) is 0 Å². The van der Waals surface area contributed by atoms with Gasteiger partial charge >= 0.3 is 0 Å².